The number of methoxy groups -OCH3 is 1. The molecule has 0 spiro atoms. The lowest BCUT2D eigenvalue weighted by molar-refractivity contribution is -0.123. The SMILES string of the molecule is COCC(C)CC(=O)NC1CCCC1N. The maximum Gasteiger partial charge on any atom is 0.220 e. The molecule has 15 heavy (non-hydrogen) atoms. The van der Waals surface area contributed by atoms with Gasteiger partial charge in [0.2, 0.25) is 5.91 Å². The van der Waals surface area contributed by atoms with Crippen molar-refractivity contribution in [3.05, 3.63) is 0 Å². The first-order valence-corrected chi connectivity index (χ1v) is 5.67. The molecule has 3 unspecified atom stereocenters. The smallest absolute Gasteiger partial charge is 0.220 e. The van der Waals surface area contributed by atoms with Gasteiger partial charge in [0.25, 0.3) is 0 Å². The van der Waals surface area contributed by atoms with Gasteiger partial charge in [-0.15, -0.1) is 0 Å². The summed E-state index contributed by atoms with van der Waals surface area (Å²) < 4.78 is 4.99. The van der Waals surface area contributed by atoms with E-state index < -0.39 is 0 Å². The van der Waals surface area contributed by atoms with Crippen molar-refractivity contribution in [2.24, 2.45) is 11.7 Å². The fourth-order valence-corrected chi connectivity index (χ4v) is 2.09. The Balaban J connectivity index is 2.23. The van der Waals surface area contributed by atoms with Gasteiger partial charge in [-0.2, -0.15) is 0 Å². The second-order valence-electron chi connectivity index (χ2n) is 4.53. The molecule has 0 aromatic rings. The summed E-state index contributed by atoms with van der Waals surface area (Å²) >= 11 is 0. The van der Waals surface area contributed by atoms with E-state index in [1.54, 1.807) is 7.11 Å². The minimum atomic E-state index is 0.0990. The van der Waals surface area contributed by atoms with Gasteiger partial charge in [-0.25, -0.2) is 0 Å². The zero-order valence-electron chi connectivity index (χ0n) is 9.66. The molecule has 88 valence electrons. The first kappa shape index (κ1) is 12.5. The van der Waals surface area contributed by atoms with Crippen molar-refractivity contribution in [3.8, 4) is 0 Å². The number of hydrogen-bond donors (Lipinski definition) is 2. The minimum Gasteiger partial charge on any atom is -0.384 e. The van der Waals surface area contributed by atoms with Crippen molar-refractivity contribution >= 4 is 5.91 Å². The van der Waals surface area contributed by atoms with E-state index in [1.807, 2.05) is 6.92 Å². The summed E-state index contributed by atoms with van der Waals surface area (Å²) in [5, 5.41) is 3.00. The van der Waals surface area contributed by atoms with Gasteiger partial charge in [0.05, 0.1) is 0 Å². The van der Waals surface area contributed by atoms with E-state index >= 15 is 0 Å². The Bertz CT molecular complexity index is 209. The topological polar surface area (TPSA) is 64.3 Å². The molecule has 0 aliphatic heterocycles. The Morgan fingerprint density at radius 1 is 1.60 bits per heavy atom. The number of rotatable bonds is 5. The summed E-state index contributed by atoms with van der Waals surface area (Å²) in [6.07, 6.45) is 3.70. The normalized spacial score (nSPS) is 27.7. The van der Waals surface area contributed by atoms with Crippen molar-refractivity contribution in [2.45, 2.75) is 44.7 Å². The highest BCUT2D eigenvalue weighted by molar-refractivity contribution is 5.76. The molecule has 0 aromatic carbocycles. The Morgan fingerprint density at radius 2 is 2.33 bits per heavy atom. The quantitative estimate of drug-likeness (QED) is 0.706. The Morgan fingerprint density at radius 3 is 2.87 bits per heavy atom. The summed E-state index contributed by atoms with van der Waals surface area (Å²) in [4.78, 5) is 11.6. The molecular formula is C11H22N2O2. The summed E-state index contributed by atoms with van der Waals surface area (Å²) in [5.74, 6) is 0.370. The van der Waals surface area contributed by atoms with Crippen molar-refractivity contribution in [1.29, 1.82) is 0 Å². The molecule has 0 aromatic heterocycles. The number of nitrogens with one attached hydrogen (secondary N) is 1. The lowest BCUT2D eigenvalue weighted by Gasteiger charge is -2.18. The van der Waals surface area contributed by atoms with E-state index in [2.05, 4.69) is 5.32 Å². The Hall–Kier alpha value is -0.610. The van der Waals surface area contributed by atoms with Crippen LogP contribution in [0.4, 0.5) is 0 Å². The summed E-state index contributed by atoms with van der Waals surface area (Å²) in [6.45, 7) is 2.64. The molecule has 1 fully saturated rings. The zero-order valence-corrected chi connectivity index (χ0v) is 9.66. The lowest BCUT2D eigenvalue weighted by atomic mass is 10.1. The van der Waals surface area contributed by atoms with Crippen LogP contribution in [0.2, 0.25) is 0 Å². The average Bonchev–Trinajstić information content (AvgIpc) is 2.52. The molecule has 1 amide bonds. The predicted octanol–water partition coefficient (Wildman–Crippen LogP) is 0.655. The number of hydrogen-bond acceptors (Lipinski definition) is 3. The maximum absolute atomic E-state index is 11.6. The molecule has 1 rings (SSSR count). The third-order valence-electron chi connectivity index (χ3n) is 2.90. The molecule has 3 atom stereocenters. The van der Waals surface area contributed by atoms with E-state index in [0.29, 0.717) is 13.0 Å². The molecule has 1 aliphatic carbocycles. The molecular weight excluding hydrogens is 192 g/mol. The van der Waals surface area contributed by atoms with Gasteiger partial charge in [-0.05, 0) is 25.2 Å². The van der Waals surface area contributed by atoms with Crippen LogP contribution in [0.5, 0.6) is 0 Å². The van der Waals surface area contributed by atoms with E-state index in [-0.39, 0.29) is 23.9 Å². The molecule has 1 aliphatic rings. The molecule has 3 N–H and O–H groups in total. The van der Waals surface area contributed by atoms with Crippen LogP contribution >= 0.6 is 0 Å². The molecule has 1 saturated carbocycles. The monoisotopic (exact) mass is 214 g/mol. The van der Waals surface area contributed by atoms with E-state index in [1.165, 1.54) is 0 Å². The van der Waals surface area contributed by atoms with Gasteiger partial charge in [-0.1, -0.05) is 6.92 Å². The van der Waals surface area contributed by atoms with Gasteiger partial charge in [0, 0.05) is 32.2 Å². The van der Waals surface area contributed by atoms with Crippen LogP contribution in [0.3, 0.4) is 0 Å². The van der Waals surface area contributed by atoms with Gasteiger partial charge in [-0.3, -0.25) is 4.79 Å². The predicted molar refractivity (Wildman–Crippen MR) is 59.4 cm³/mol. The number of carbonyl (C=O) groups excluding carboxylic acids is 1. The highest BCUT2D eigenvalue weighted by atomic mass is 16.5. The second kappa shape index (κ2) is 6.08. The summed E-state index contributed by atoms with van der Waals surface area (Å²) in [7, 11) is 1.65. The first-order chi connectivity index (χ1) is 7.13. The molecule has 0 heterocycles. The molecule has 4 heteroatoms. The van der Waals surface area contributed by atoms with Gasteiger partial charge < -0.3 is 15.8 Å². The van der Waals surface area contributed by atoms with Crippen LogP contribution in [-0.4, -0.2) is 31.7 Å². The fraction of sp³-hybridized carbons (Fsp3) is 0.909. The van der Waals surface area contributed by atoms with Crippen LogP contribution in [0.1, 0.15) is 32.6 Å². The fourth-order valence-electron chi connectivity index (χ4n) is 2.09. The average molecular weight is 214 g/mol. The van der Waals surface area contributed by atoms with Gasteiger partial charge >= 0.3 is 0 Å². The largest absolute Gasteiger partial charge is 0.384 e. The first-order valence-electron chi connectivity index (χ1n) is 5.67. The van der Waals surface area contributed by atoms with Crippen molar-refractivity contribution in [1.82, 2.24) is 5.32 Å². The van der Waals surface area contributed by atoms with Crippen LogP contribution in [-0.2, 0) is 9.53 Å². The Kier molecular flexibility index (Phi) is 5.05. The summed E-state index contributed by atoms with van der Waals surface area (Å²) in [6, 6.07) is 0.332. The highest BCUT2D eigenvalue weighted by Gasteiger charge is 2.25. The van der Waals surface area contributed by atoms with Crippen LogP contribution in [0.25, 0.3) is 0 Å². The van der Waals surface area contributed by atoms with Gasteiger partial charge in [0.1, 0.15) is 0 Å². The zero-order chi connectivity index (χ0) is 11.3. The number of nitrogens with two attached hydrogens (primary N) is 1. The Labute approximate surface area is 91.5 Å². The molecule has 0 saturated heterocycles. The van der Waals surface area contributed by atoms with Crippen LogP contribution < -0.4 is 11.1 Å². The van der Waals surface area contributed by atoms with Crippen molar-refractivity contribution in [3.63, 3.8) is 0 Å². The number of ether oxygens (including phenoxy) is 1. The third kappa shape index (κ3) is 4.18. The van der Waals surface area contributed by atoms with E-state index in [4.69, 9.17) is 10.5 Å². The van der Waals surface area contributed by atoms with E-state index in [9.17, 15) is 4.79 Å². The van der Waals surface area contributed by atoms with Crippen LogP contribution in [0.15, 0.2) is 0 Å². The minimum absolute atomic E-state index is 0.0990. The van der Waals surface area contributed by atoms with Gasteiger partial charge in [0.15, 0.2) is 0 Å². The molecule has 0 bridgehead atoms. The van der Waals surface area contributed by atoms with Crippen molar-refractivity contribution in [2.75, 3.05) is 13.7 Å². The third-order valence-corrected chi connectivity index (χ3v) is 2.90. The van der Waals surface area contributed by atoms with Crippen molar-refractivity contribution < 1.29 is 9.53 Å². The van der Waals surface area contributed by atoms with Crippen LogP contribution in [0, 0.1) is 5.92 Å². The second-order valence-corrected chi connectivity index (χ2v) is 4.53. The standard InChI is InChI=1S/C11H22N2O2/c1-8(7-15-2)6-11(14)13-10-5-3-4-9(10)12/h8-10H,3-7,12H2,1-2H3,(H,13,14). The summed E-state index contributed by atoms with van der Waals surface area (Å²) in [5.41, 5.74) is 5.88. The number of amides is 1. The molecule has 4 nitrogen and oxygen atoms in total. The molecule has 0 radical (unpaired) electrons. The maximum atomic E-state index is 11.6. The lowest BCUT2D eigenvalue weighted by Crippen LogP contribution is -2.44. The highest BCUT2D eigenvalue weighted by Crippen LogP contribution is 2.17. The van der Waals surface area contributed by atoms with E-state index in [0.717, 1.165) is 19.3 Å². The number of carbonyl (C=O) groups is 1.